The highest BCUT2D eigenvalue weighted by Gasteiger charge is 2.46. The van der Waals surface area contributed by atoms with E-state index in [1.54, 1.807) is 0 Å². The molecule has 1 saturated carbocycles. The van der Waals surface area contributed by atoms with Crippen LogP contribution in [0.5, 0.6) is 0 Å². The Hall–Kier alpha value is -0.120. The summed E-state index contributed by atoms with van der Waals surface area (Å²) in [6.07, 6.45) is 5.51. The minimum atomic E-state index is -0.0136. The monoisotopic (exact) mass is 238 g/mol. The maximum atomic E-state index is 6.34. The molecule has 1 spiro atoms. The van der Waals surface area contributed by atoms with Crippen molar-refractivity contribution in [3.63, 3.8) is 0 Å². The van der Waals surface area contributed by atoms with Crippen LogP contribution in [0.2, 0.25) is 0 Å². The SMILES string of the molecule is CC1OC2(CCN(C3CC3)CC2)NCC1(C)C. The molecule has 2 heterocycles. The first-order valence-corrected chi connectivity index (χ1v) is 7.18. The second-order valence-corrected chi connectivity index (χ2v) is 6.86. The number of nitrogens with one attached hydrogen (secondary N) is 1. The summed E-state index contributed by atoms with van der Waals surface area (Å²) >= 11 is 0. The molecule has 3 rings (SSSR count). The van der Waals surface area contributed by atoms with Crippen molar-refractivity contribution in [1.29, 1.82) is 0 Å². The Morgan fingerprint density at radius 2 is 1.82 bits per heavy atom. The molecule has 1 aliphatic carbocycles. The van der Waals surface area contributed by atoms with Crippen LogP contribution < -0.4 is 5.32 Å². The van der Waals surface area contributed by atoms with Crippen LogP contribution in [0, 0.1) is 5.41 Å². The van der Waals surface area contributed by atoms with Gasteiger partial charge in [-0.25, -0.2) is 0 Å². The molecule has 3 heteroatoms. The fourth-order valence-corrected chi connectivity index (χ4v) is 3.06. The topological polar surface area (TPSA) is 24.5 Å². The Morgan fingerprint density at radius 3 is 2.35 bits per heavy atom. The van der Waals surface area contributed by atoms with E-state index in [1.165, 1.54) is 25.9 Å². The first kappa shape index (κ1) is 11.9. The van der Waals surface area contributed by atoms with E-state index in [0.29, 0.717) is 6.10 Å². The van der Waals surface area contributed by atoms with Gasteiger partial charge in [0.15, 0.2) is 0 Å². The van der Waals surface area contributed by atoms with Crippen molar-refractivity contribution in [1.82, 2.24) is 10.2 Å². The predicted octanol–water partition coefficient (Wildman–Crippen LogP) is 1.98. The Kier molecular flexibility index (Phi) is 2.77. The van der Waals surface area contributed by atoms with Crippen molar-refractivity contribution >= 4 is 0 Å². The van der Waals surface area contributed by atoms with E-state index < -0.39 is 0 Å². The van der Waals surface area contributed by atoms with Gasteiger partial charge in [-0.05, 0) is 19.8 Å². The fourth-order valence-electron chi connectivity index (χ4n) is 3.06. The molecule has 0 aromatic heterocycles. The maximum Gasteiger partial charge on any atom is 0.122 e. The third-order valence-electron chi connectivity index (χ3n) is 5.04. The average Bonchev–Trinajstić information content (AvgIpc) is 3.10. The van der Waals surface area contributed by atoms with Gasteiger partial charge < -0.3 is 9.64 Å². The lowest BCUT2D eigenvalue weighted by Gasteiger charge is -2.51. The van der Waals surface area contributed by atoms with E-state index in [0.717, 1.165) is 25.4 Å². The van der Waals surface area contributed by atoms with Gasteiger partial charge in [0.1, 0.15) is 5.72 Å². The zero-order chi connectivity index (χ0) is 12.1. The number of hydrogen-bond donors (Lipinski definition) is 1. The molecule has 1 atom stereocenters. The summed E-state index contributed by atoms with van der Waals surface area (Å²) in [5.41, 5.74) is 0.249. The third kappa shape index (κ3) is 2.25. The highest BCUT2D eigenvalue weighted by molar-refractivity contribution is 4.97. The summed E-state index contributed by atoms with van der Waals surface area (Å²) in [5, 5.41) is 3.69. The van der Waals surface area contributed by atoms with E-state index in [-0.39, 0.29) is 11.1 Å². The van der Waals surface area contributed by atoms with Gasteiger partial charge in [-0.1, -0.05) is 13.8 Å². The molecule has 2 aliphatic heterocycles. The Bertz CT molecular complexity index is 291. The quantitative estimate of drug-likeness (QED) is 0.756. The number of piperidine rings is 1. The Labute approximate surface area is 105 Å². The molecule has 3 fully saturated rings. The Morgan fingerprint density at radius 1 is 1.18 bits per heavy atom. The normalized spacial score (nSPS) is 37.2. The molecule has 0 bridgehead atoms. The molecular formula is C14H26N2O. The van der Waals surface area contributed by atoms with Crippen LogP contribution in [0.3, 0.4) is 0 Å². The molecule has 98 valence electrons. The van der Waals surface area contributed by atoms with Crippen molar-refractivity contribution in [3.05, 3.63) is 0 Å². The predicted molar refractivity (Wildman–Crippen MR) is 68.9 cm³/mol. The molecule has 3 aliphatic rings. The fraction of sp³-hybridized carbons (Fsp3) is 1.00. The molecule has 0 radical (unpaired) electrons. The highest BCUT2D eigenvalue weighted by atomic mass is 16.5. The van der Waals surface area contributed by atoms with Gasteiger partial charge in [0.2, 0.25) is 0 Å². The highest BCUT2D eigenvalue weighted by Crippen LogP contribution is 2.38. The van der Waals surface area contributed by atoms with Crippen molar-refractivity contribution in [2.45, 2.75) is 64.3 Å². The summed E-state index contributed by atoms with van der Waals surface area (Å²) in [6.45, 7) is 10.3. The van der Waals surface area contributed by atoms with Gasteiger partial charge in [-0.15, -0.1) is 0 Å². The van der Waals surface area contributed by atoms with Crippen LogP contribution in [0.25, 0.3) is 0 Å². The van der Waals surface area contributed by atoms with Gasteiger partial charge in [-0.2, -0.15) is 0 Å². The van der Waals surface area contributed by atoms with Gasteiger partial charge in [0.05, 0.1) is 6.10 Å². The molecule has 1 unspecified atom stereocenters. The molecule has 1 N–H and O–H groups in total. The number of nitrogens with zero attached hydrogens (tertiary/aromatic N) is 1. The second-order valence-electron chi connectivity index (χ2n) is 6.86. The van der Waals surface area contributed by atoms with E-state index in [1.807, 2.05) is 0 Å². The maximum absolute atomic E-state index is 6.34. The standard InChI is InChI=1S/C14H26N2O/c1-11-13(2,3)10-15-14(17-11)6-8-16(9-7-14)12-4-5-12/h11-12,15H,4-10H2,1-3H3. The number of hydrogen-bond acceptors (Lipinski definition) is 3. The zero-order valence-electron chi connectivity index (χ0n) is 11.5. The zero-order valence-corrected chi connectivity index (χ0v) is 11.5. The summed E-state index contributed by atoms with van der Waals surface area (Å²) in [7, 11) is 0. The van der Waals surface area contributed by atoms with Gasteiger partial charge in [0.25, 0.3) is 0 Å². The lowest BCUT2D eigenvalue weighted by molar-refractivity contribution is -0.200. The molecule has 0 aromatic rings. The number of ether oxygens (including phenoxy) is 1. The van der Waals surface area contributed by atoms with Crippen LogP contribution in [0.15, 0.2) is 0 Å². The molecule has 0 amide bonds. The smallest absolute Gasteiger partial charge is 0.122 e. The van der Waals surface area contributed by atoms with Crippen molar-refractivity contribution in [2.75, 3.05) is 19.6 Å². The van der Waals surface area contributed by atoms with Crippen LogP contribution in [0.1, 0.15) is 46.5 Å². The summed E-state index contributed by atoms with van der Waals surface area (Å²) < 4.78 is 6.34. The first-order chi connectivity index (χ1) is 8.01. The summed E-state index contributed by atoms with van der Waals surface area (Å²) in [6, 6.07) is 0.907. The second kappa shape index (κ2) is 3.94. The summed E-state index contributed by atoms with van der Waals surface area (Å²) in [4.78, 5) is 2.65. The van der Waals surface area contributed by atoms with E-state index >= 15 is 0 Å². The largest absolute Gasteiger partial charge is 0.357 e. The van der Waals surface area contributed by atoms with Gasteiger partial charge in [0, 0.05) is 43.9 Å². The van der Waals surface area contributed by atoms with Crippen molar-refractivity contribution in [2.24, 2.45) is 5.41 Å². The van der Waals surface area contributed by atoms with Gasteiger partial charge >= 0.3 is 0 Å². The van der Waals surface area contributed by atoms with Crippen LogP contribution in [0.4, 0.5) is 0 Å². The van der Waals surface area contributed by atoms with Crippen molar-refractivity contribution < 1.29 is 4.74 Å². The minimum absolute atomic E-state index is 0.0136. The van der Waals surface area contributed by atoms with Crippen LogP contribution in [-0.2, 0) is 4.74 Å². The summed E-state index contributed by atoms with van der Waals surface area (Å²) in [5.74, 6) is 0. The third-order valence-corrected chi connectivity index (χ3v) is 5.04. The van der Waals surface area contributed by atoms with Crippen LogP contribution in [-0.4, -0.2) is 42.4 Å². The average molecular weight is 238 g/mol. The Balaban J connectivity index is 1.61. The first-order valence-electron chi connectivity index (χ1n) is 7.18. The molecule has 3 nitrogen and oxygen atoms in total. The van der Waals surface area contributed by atoms with Crippen molar-refractivity contribution in [3.8, 4) is 0 Å². The lowest BCUT2D eigenvalue weighted by Crippen LogP contribution is -2.64. The molecular weight excluding hydrogens is 212 g/mol. The van der Waals surface area contributed by atoms with Crippen LogP contribution >= 0.6 is 0 Å². The van der Waals surface area contributed by atoms with E-state index in [9.17, 15) is 0 Å². The number of likely N-dealkylation sites (tertiary alicyclic amines) is 1. The van der Waals surface area contributed by atoms with E-state index in [2.05, 4.69) is 31.0 Å². The minimum Gasteiger partial charge on any atom is -0.357 e. The molecule has 17 heavy (non-hydrogen) atoms. The number of rotatable bonds is 1. The molecule has 2 saturated heterocycles. The van der Waals surface area contributed by atoms with Gasteiger partial charge in [-0.3, -0.25) is 5.32 Å². The molecule has 0 aromatic carbocycles. The lowest BCUT2D eigenvalue weighted by atomic mass is 9.83. The van der Waals surface area contributed by atoms with E-state index in [4.69, 9.17) is 4.74 Å².